The van der Waals surface area contributed by atoms with Gasteiger partial charge in [0.05, 0.1) is 12.7 Å². The average molecular weight is 150 g/mol. The van der Waals surface area contributed by atoms with Gasteiger partial charge in [-0.05, 0) is 0 Å². The van der Waals surface area contributed by atoms with Gasteiger partial charge in [0, 0.05) is 0 Å². The van der Waals surface area contributed by atoms with Crippen molar-refractivity contribution in [3.63, 3.8) is 0 Å². The van der Waals surface area contributed by atoms with Gasteiger partial charge >= 0.3 is 0 Å². The molecule has 0 amide bonds. The largest absolute Gasteiger partial charge is 0.373 e. The molecule has 0 radical (unpaired) electrons. The summed E-state index contributed by atoms with van der Waals surface area (Å²) in [6.45, 7) is -0.795. The van der Waals surface area contributed by atoms with Crippen LogP contribution in [0.25, 0.3) is 0 Å². The van der Waals surface area contributed by atoms with E-state index in [-0.39, 0.29) is 6.61 Å². The normalized spacial score (nSPS) is 13.1. The molecule has 0 bridgehead atoms. The Morgan fingerprint density at radius 1 is 1.50 bits per heavy atom. The van der Waals surface area contributed by atoms with Crippen LogP contribution >= 0.6 is 0 Å². The number of nitrogens with zero attached hydrogens (tertiary/aromatic N) is 1. The lowest BCUT2D eigenvalue weighted by Gasteiger charge is -2.02. The molecule has 1 atom stereocenters. The summed E-state index contributed by atoms with van der Waals surface area (Å²) >= 11 is 0. The monoisotopic (exact) mass is 150 g/mol. The number of nitriles is 1. The highest BCUT2D eigenvalue weighted by atomic mass is 19.3. The zero-order chi connectivity index (χ0) is 7.98. The highest BCUT2D eigenvalue weighted by Gasteiger charge is 2.04. The van der Waals surface area contributed by atoms with Crippen LogP contribution < -0.4 is 5.73 Å². The third-order valence-corrected chi connectivity index (χ3v) is 0.707. The average Bonchev–Trinajstić information content (AvgIpc) is 1.87. The standard InChI is InChI=1S/C5H8F2N2O/c6-5(7)3-10-2-4(9)1-8/h4-5H,2-3,9H2. The number of hydrogen-bond acceptors (Lipinski definition) is 3. The van der Waals surface area contributed by atoms with Crippen LogP contribution in [-0.4, -0.2) is 25.7 Å². The molecular weight excluding hydrogens is 142 g/mol. The van der Waals surface area contributed by atoms with Gasteiger partial charge in [-0.1, -0.05) is 0 Å². The van der Waals surface area contributed by atoms with Crippen LogP contribution in [0.3, 0.4) is 0 Å². The van der Waals surface area contributed by atoms with Crippen LogP contribution in [0.1, 0.15) is 0 Å². The van der Waals surface area contributed by atoms with Crippen molar-refractivity contribution in [2.75, 3.05) is 13.2 Å². The maximum Gasteiger partial charge on any atom is 0.261 e. The zero-order valence-electron chi connectivity index (χ0n) is 5.26. The molecule has 0 saturated heterocycles. The summed E-state index contributed by atoms with van der Waals surface area (Å²) in [5, 5.41) is 8.06. The van der Waals surface area contributed by atoms with E-state index in [1.807, 2.05) is 0 Å². The minimum absolute atomic E-state index is 0.138. The summed E-state index contributed by atoms with van der Waals surface area (Å²) in [6.07, 6.45) is -2.49. The van der Waals surface area contributed by atoms with Crippen LogP contribution in [-0.2, 0) is 4.74 Å². The zero-order valence-corrected chi connectivity index (χ0v) is 5.26. The minimum atomic E-state index is -2.49. The Labute approximate surface area is 57.4 Å². The van der Waals surface area contributed by atoms with E-state index in [4.69, 9.17) is 11.0 Å². The molecule has 0 spiro atoms. The highest BCUT2D eigenvalue weighted by molar-refractivity contribution is 4.85. The summed E-state index contributed by atoms with van der Waals surface area (Å²) in [6, 6.07) is 0.840. The summed E-state index contributed by atoms with van der Waals surface area (Å²) in [4.78, 5) is 0. The van der Waals surface area contributed by atoms with Gasteiger partial charge in [0.2, 0.25) is 0 Å². The molecule has 2 N–H and O–H groups in total. The molecule has 0 aromatic rings. The van der Waals surface area contributed by atoms with Crippen molar-refractivity contribution in [3.8, 4) is 6.07 Å². The highest BCUT2D eigenvalue weighted by Crippen LogP contribution is 1.92. The molecule has 0 rings (SSSR count). The number of ether oxygens (including phenoxy) is 1. The van der Waals surface area contributed by atoms with Gasteiger partial charge in [0.25, 0.3) is 6.43 Å². The van der Waals surface area contributed by atoms with Crippen molar-refractivity contribution < 1.29 is 13.5 Å². The Bertz CT molecular complexity index is 123. The van der Waals surface area contributed by atoms with E-state index < -0.39 is 19.1 Å². The Hall–Kier alpha value is -0.730. The molecule has 0 saturated carbocycles. The Morgan fingerprint density at radius 2 is 2.10 bits per heavy atom. The summed E-state index contributed by atoms with van der Waals surface area (Å²) in [7, 11) is 0. The second-order valence-electron chi connectivity index (χ2n) is 1.66. The number of nitrogens with two attached hydrogens (primary N) is 1. The first-order chi connectivity index (χ1) is 4.66. The number of hydrogen-bond donors (Lipinski definition) is 1. The van der Waals surface area contributed by atoms with Gasteiger partial charge < -0.3 is 10.5 Å². The molecule has 0 aliphatic rings. The van der Waals surface area contributed by atoms with Crippen LogP contribution in [0.4, 0.5) is 8.78 Å². The van der Waals surface area contributed by atoms with E-state index in [1.165, 1.54) is 0 Å². The SMILES string of the molecule is N#CC(N)COCC(F)F. The molecule has 58 valence electrons. The Morgan fingerprint density at radius 3 is 2.50 bits per heavy atom. The van der Waals surface area contributed by atoms with Crippen molar-refractivity contribution in [2.24, 2.45) is 5.73 Å². The van der Waals surface area contributed by atoms with Crippen molar-refractivity contribution in [2.45, 2.75) is 12.5 Å². The van der Waals surface area contributed by atoms with E-state index in [9.17, 15) is 8.78 Å². The lowest BCUT2D eigenvalue weighted by Crippen LogP contribution is -2.25. The summed E-state index contributed by atoms with van der Waals surface area (Å²) < 4.78 is 27.0. The topological polar surface area (TPSA) is 59.0 Å². The first-order valence-corrected chi connectivity index (χ1v) is 2.68. The molecule has 5 heteroatoms. The van der Waals surface area contributed by atoms with E-state index in [2.05, 4.69) is 4.74 Å². The minimum Gasteiger partial charge on any atom is -0.373 e. The number of alkyl halides is 2. The smallest absolute Gasteiger partial charge is 0.261 e. The van der Waals surface area contributed by atoms with Gasteiger partial charge in [-0.3, -0.25) is 0 Å². The molecule has 0 aliphatic heterocycles. The molecule has 10 heavy (non-hydrogen) atoms. The second-order valence-corrected chi connectivity index (χ2v) is 1.66. The quantitative estimate of drug-likeness (QED) is 0.619. The van der Waals surface area contributed by atoms with Gasteiger partial charge in [0.1, 0.15) is 12.6 Å². The van der Waals surface area contributed by atoms with Crippen LogP contribution in [0, 0.1) is 11.3 Å². The maximum absolute atomic E-state index is 11.3. The molecule has 0 aromatic heterocycles. The molecular formula is C5H8F2N2O. The number of halogens is 2. The van der Waals surface area contributed by atoms with Crippen LogP contribution in [0.5, 0.6) is 0 Å². The molecule has 0 heterocycles. The van der Waals surface area contributed by atoms with E-state index in [1.54, 1.807) is 6.07 Å². The molecule has 3 nitrogen and oxygen atoms in total. The van der Waals surface area contributed by atoms with Crippen molar-refractivity contribution in [1.29, 1.82) is 5.26 Å². The van der Waals surface area contributed by atoms with Gasteiger partial charge in [0.15, 0.2) is 0 Å². The fraction of sp³-hybridized carbons (Fsp3) is 0.800. The molecule has 1 unspecified atom stereocenters. The second kappa shape index (κ2) is 5.09. The molecule has 0 aliphatic carbocycles. The van der Waals surface area contributed by atoms with Gasteiger partial charge in [-0.15, -0.1) is 0 Å². The lowest BCUT2D eigenvalue weighted by atomic mass is 10.4. The van der Waals surface area contributed by atoms with Crippen LogP contribution in [0.2, 0.25) is 0 Å². The number of rotatable bonds is 4. The summed E-state index contributed by atoms with van der Waals surface area (Å²) in [5.41, 5.74) is 5.03. The lowest BCUT2D eigenvalue weighted by molar-refractivity contribution is 0.0164. The van der Waals surface area contributed by atoms with E-state index >= 15 is 0 Å². The Balaban J connectivity index is 3.13. The first kappa shape index (κ1) is 9.27. The molecule has 0 fully saturated rings. The third kappa shape index (κ3) is 5.41. The first-order valence-electron chi connectivity index (χ1n) is 2.68. The predicted octanol–water partition coefficient (Wildman–Crippen LogP) is 0.119. The van der Waals surface area contributed by atoms with Crippen molar-refractivity contribution >= 4 is 0 Å². The maximum atomic E-state index is 11.3. The predicted molar refractivity (Wildman–Crippen MR) is 30.4 cm³/mol. The van der Waals surface area contributed by atoms with Crippen LogP contribution in [0.15, 0.2) is 0 Å². The fourth-order valence-electron chi connectivity index (χ4n) is 0.321. The Kier molecular flexibility index (Phi) is 4.72. The van der Waals surface area contributed by atoms with Gasteiger partial charge in [-0.25, -0.2) is 8.78 Å². The van der Waals surface area contributed by atoms with E-state index in [0.29, 0.717) is 0 Å². The van der Waals surface area contributed by atoms with Crippen molar-refractivity contribution in [1.82, 2.24) is 0 Å². The van der Waals surface area contributed by atoms with E-state index in [0.717, 1.165) is 0 Å². The third-order valence-electron chi connectivity index (χ3n) is 0.707. The fourth-order valence-corrected chi connectivity index (χ4v) is 0.321. The molecule has 0 aromatic carbocycles. The summed E-state index contributed by atoms with van der Waals surface area (Å²) in [5.74, 6) is 0. The van der Waals surface area contributed by atoms with Crippen molar-refractivity contribution in [3.05, 3.63) is 0 Å². The van der Waals surface area contributed by atoms with Gasteiger partial charge in [-0.2, -0.15) is 5.26 Å².